The average molecular weight is 328 g/mol. The smallest absolute Gasteiger partial charge is 0.127 e. The first-order chi connectivity index (χ1) is 10.1. The Kier molecular flexibility index (Phi) is 5.91. The third-order valence-electron chi connectivity index (χ3n) is 3.73. The van der Waals surface area contributed by atoms with Crippen LogP contribution in [-0.4, -0.2) is 34.1 Å². The Morgan fingerprint density at radius 2 is 2.05 bits per heavy atom. The molecule has 1 heterocycles. The van der Waals surface area contributed by atoms with Crippen LogP contribution < -0.4 is 0 Å². The Bertz CT molecular complexity index is 592. The Labute approximate surface area is 136 Å². The molecule has 1 aromatic carbocycles. The number of imidazole rings is 1. The highest BCUT2D eigenvalue weighted by atomic mass is 35.5. The molecule has 0 saturated heterocycles. The summed E-state index contributed by atoms with van der Waals surface area (Å²) < 4.78 is 2.17. The van der Waals surface area contributed by atoms with Gasteiger partial charge >= 0.3 is 0 Å². The second kappa shape index (κ2) is 7.48. The maximum Gasteiger partial charge on any atom is 0.127 e. The van der Waals surface area contributed by atoms with Crippen LogP contribution in [0.5, 0.6) is 0 Å². The first-order valence-corrected chi connectivity index (χ1v) is 8.41. The van der Waals surface area contributed by atoms with E-state index in [-0.39, 0.29) is 5.38 Å². The lowest BCUT2D eigenvalue weighted by molar-refractivity contribution is 0.276. The van der Waals surface area contributed by atoms with E-state index in [2.05, 4.69) is 28.3 Å². The second-order valence-electron chi connectivity index (χ2n) is 5.28. The normalized spacial score (nSPS) is 13.2. The third kappa shape index (κ3) is 3.71. The third-order valence-corrected chi connectivity index (χ3v) is 4.23. The molecule has 0 N–H and O–H groups in total. The fourth-order valence-corrected chi connectivity index (χ4v) is 3.11. The lowest BCUT2D eigenvalue weighted by Crippen LogP contribution is -2.28. The van der Waals surface area contributed by atoms with E-state index in [0.717, 1.165) is 54.5 Å². The summed E-state index contributed by atoms with van der Waals surface area (Å²) in [5, 5.41) is 0.608. The van der Waals surface area contributed by atoms with Crippen molar-refractivity contribution in [3.63, 3.8) is 0 Å². The quantitative estimate of drug-likeness (QED) is 0.686. The van der Waals surface area contributed by atoms with Crippen molar-refractivity contribution in [3.8, 4) is 0 Å². The zero-order valence-electron chi connectivity index (χ0n) is 12.9. The van der Waals surface area contributed by atoms with E-state index in [1.807, 2.05) is 25.1 Å². The van der Waals surface area contributed by atoms with E-state index in [0.29, 0.717) is 0 Å². The van der Waals surface area contributed by atoms with E-state index in [4.69, 9.17) is 23.2 Å². The van der Waals surface area contributed by atoms with Crippen molar-refractivity contribution < 1.29 is 0 Å². The van der Waals surface area contributed by atoms with E-state index in [1.165, 1.54) is 0 Å². The van der Waals surface area contributed by atoms with Crippen molar-refractivity contribution in [2.45, 2.75) is 39.1 Å². The zero-order valence-corrected chi connectivity index (χ0v) is 14.5. The van der Waals surface area contributed by atoms with Gasteiger partial charge < -0.3 is 9.47 Å². The lowest BCUT2D eigenvalue weighted by Gasteiger charge is -2.21. The van der Waals surface area contributed by atoms with E-state index in [9.17, 15) is 0 Å². The molecule has 1 unspecified atom stereocenters. The van der Waals surface area contributed by atoms with Gasteiger partial charge in [-0.05, 0) is 38.6 Å². The van der Waals surface area contributed by atoms with Gasteiger partial charge in [0.2, 0.25) is 0 Å². The topological polar surface area (TPSA) is 21.1 Å². The Morgan fingerprint density at radius 1 is 1.29 bits per heavy atom. The van der Waals surface area contributed by atoms with Crippen LogP contribution in [0.1, 0.15) is 38.4 Å². The molecule has 1 atom stereocenters. The van der Waals surface area contributed by atoms with Crippen molar-refractivity contribution in [1.29, 1.82) is 0 Å². The summed E-state index contributed by atoms with van der Waals surface area (Å²) in [7, 11) is 0. The molecule has 1 aromatic heterocycles. The predicted octanol–water partition coefficient (Wildman–Crippen LogP) is 4.72. The van der Waals surface area contributed by atoms with Crippen molar-refractivity contribution in [3.05, 3.63) is 29.0 Å². The van der Waals surface area contributed by atoms with Gasteiger partial charge in [-0.2, -0.15) is 0 Å². The number of fused-ring (bicyclic) bond motifs is 1. The molecule has 0 saturated carbocycles. The monoisotopic (exact) mass is 327 g/mol. The number of rotatable bonds is 7. The van der Waals surface area contributed by atoms with Crippen molar-refractivity contribution in [2.75, 3.05) is 19.6 Å². The standard InChI is InChI=1S/C16H23Cl2N3/c1-4-9-20(5-2)10-11-21-15-13(18)7-6-8-14(15)19-16(21)12(3)17/h6-8,12H,4-5,9-11H2,1-3H3. The summed E-state index contributed by atoms with van der Waals surface area (Å²) >= 11 is 12.7. The van der Waals surface area contributed by atoms with Crippen LogP contribution in [-0.2, 0) is 6.54 Å². The second-order valence-corrected chi connectivity index (χ2v) is 6.34. The highest BCUT2D eigenvalue weighted by Gasteiger charge is 2.17. The molecular weight excluding hydrogens is 305 g/mol. The van der Waals surface area contributed by atoms with E-state index >= 15 is 0 Å². The molecule has 0 amide bonds. The minimum Gasteiger partial charge on any atom is -0.324 e. The fraction of sp³-hybridized carbons (Fsp3) is 0.562. The van der Waals surface area contributed by atoms with Gasteiger partial charge in [0.25, 0.3) is 0 Å². The molecule has 0 aliphatic carbocycles. The Hall–Kier alpha value is -0.770. The van der Waals surface area contributed by atoms with Crippen molar-refractivity contribution in [1.82, 2.24) is 14.5 Å². The number of likely N-dealkylation sites (N-methyl/N-ethyl adjacent to an activating group) is 1. The van der Waals surface area contributed by atoms with E-state index < -0.39 is 0 Å². The summed E-state index contributed by atoms with van der Waals surface area (Å²) in [6.07, 6.45) is 1.16. The molecule has 116 valence electrons. The summed E-state index contributed by atoms with van der Waals surface area (Å²) in [6, 6.07) is 5.83. The Morgan fingerprint density at radius 3 is 2.67 bits per heavy atom. The van der Waals surface area contributed by atoms with Crippen LogP contribution in [0, 0.1) is 0 Å². The molecule has 0 aliphatic heterocycles. The number of hydrogen-bond acceptors (Lipinski definition) is 2. The molecular formula is C16H23Cl2N3. The largest absolute Gasteiger partial charge is 0.324 e. The molecule has 0 radical (unpaired) electrons. The number of para-hydroxylation sites is 1. The molecule has 2 rings (SSSR count). The van der Waals surface area contributed by atoms with Gasteiger partial charge in [-0.15, -0.1) is 11.6 Å². The van der Waals surface area contributed by atoms with Crippen LogP contribution in [0.3, 0.4) is 0 Å². The minimum atomic E-state index is -0.130. The lowest BCUT2D eigenvalue weighted by atomic mass is 10.3. The van der Waals surface area contributed by atoms with Gasteiger partial charge in [-0.3, -0.25) is 0 Å². The molecule has 21 heavy (non-hydrogen) atoms. The first kappa shape index (κ1) is 16.6. The van der Waals surface area contributed by atoms with Crippen LogP contribution in [0.2, 0.25) is 5.02 Å². The number of halogens is 2. The number of alkyl halides is 1. The van der Waals surface area contributed by atoms with Crippen LogP contribution in [0.4, 0.5) is 0 Å². The molecule has 2 aromatic rings. The number of nitrogens with zero attached hydrogens (tertiary/aromatic N) is 3. The number of benzene rings is 1. The maximum absolute atomic E-state index is 6.37. The van der Waals surface area contributed by atoms with Crippen LogP contribution >= 0.6 is 23.2 Å². The number of aromatic nitrogens is 2. The highest BCUT2D eigenvalue weighted by molar-refractivity contribution is 6.35. The van der Waals surface area contributed by atoms with Crippen LogP contribution in [0.25, 0.3) is 11.0 Å². The van der Waals surface area contributed by atoms with Crippen molar-refractivity contribution in [2.24, 2.45) is 0 Å². The summed E-state index contributed by atoms with van der Waals surface area (Å²) in [5.74, 6) is 0.896. The van der Waals surface area contributed by atoms with Crippen LogP contribution in [0.15, 0.2) is 18.2 Å². The average Bonchev–Trinajstić information content (AvgIpc) is 2.84. The van der Waals surface area contributed by atoms with Gasteiger partial charge in [0.05, 0.1) is 21.4 Å². The molecule has 3 nitrogen and oxygen atoms in total. The summed E-state index contributed by atoms with van der Waals surface area (Å²) in [5.41, 5.74) is 1.91. The Balaban J connectivity index is 2.34. The fourth-order valence-electron chi connectivity index (χ4n) is 2.68. The SMILES string of the molecule is CCCN(CC)CCn1c(C(C)Cl)nc2cccc(Cl)c21. The predicted molar refractivity (Wildman–Crippen MR) is 91.4 cm³/mol. The summed E-state index contributed by atoms with van der Waals surface area (Å²) in [6.45, 7) is 10.4. The highest BCUT2D eigenvalue weighted by Crippen LogP contribution is 2.29. The minimum absolute atomic E-state index is 0.130. The van der Waals surface area contributed by atoms with Crippen molar-refractivity contribution >= 4 is 34.2 Å². The van der Waals surface area contributed by atoms with Gasteiger partial charge in [-0.1, -0.05) is 31.5 Å². The molecule has 5 heteroatoms. The van der Waals surface area contributed by atoms with Gasteiger partial charge in [-0.25, -0.2) is 4.98 Å². The maximum atomic E-state index is 6.37. The van der Waals surface area contributed by atoms with Gasteiger partial charge in [0, 0.05) is 13.1 Å². The summed E-state index contributed by atoms with van der Waals surface area (Å²) in [4.78, 5) is 7.09. The molecule has 0 fully saturated rings. The van der Waals surface area contributed by atoms with Gasteiger partial charge in [0.1, 0.15) is 5.82 Å². The van der Waals surface area contributed by atoms with Gasteiger partial charge in [0.15, 0.2) is 0 Å². The molecule has 0 aliphatic rings. The van der Waals surface area contributed by atoms with E-state index in [1.54, 1.807) is 0 Å². The number of hydrogen-bond donors (Lipinski definition) is 0. The zero-order chi connectivity index (χ0) is 15.4. The first-order valence-electron chi connectivity index (χ1n) is 7.59. The molecule has 0 bridgehead atoms. The molecule has 0 spiro atoms.